The number of hydrogen-bond donors (Lipinski definition) is 0. The van der Waals surface area contributed by atoms with Crippen LogP contribution in [0.4, 0.5) is 0 Å². The Balaban J connectivity index is 4.09. The molecule has 2 radical (unpaired) electrons. The van der Waals surface area contributed by atoms with Crippen molar-refractivity contribution in [2.24, 2.45) is 0 Å². The van der Waals surface area contributed by atoms with Gasteiger partial charge < -0.3 is 21.5 Å². The van der Waals surface area contributed by atoms with Crippen molar-refractivity contribution in [1.82, 2.24) is 0 Å². The molecule has 0 aromatic carbocycles. The summed E-state index contributed by atoms with van der Waals surface area (Å²) in [4.78, 5) is 0. The lowest BCUT2D eigenvalue weighted by molar-refractivity contribution is 0.125. The third kappa shape index (κ3) is 8.52. The minimum atomic E-state index is -2.45. The molecule has 0 amide bonds. The first-order chi connectivity index (χ1) is 8.60. The summed E-state index contributed by atoms with van der Waals surface area (Å²) in [7, 11) is -0.672. The van der Waals surface area contributed by atoms with Crippen LogP contribution in [0.2, 0.25) is 44.8 Å². The van der Waals surface area contributed by atoms with E-state index >= 15 is 0 Å². The molecule has 0 spiro atoms. The Bertz CT molecular complexity index is 245. The molecule has 114 valence electrons. The zero-order valence-electron chi connectivity index (χ0n) is 13.5. The van der Waals surface area contributed by atoms with Crippen molar-refractivity contribution in [2.75, 3.05) is 21.3 Å². The molecule has 0 aliphatic rings. The van der Waals surface area contributed by atoms with E-state index in [9.17, 15) is 0 Å². The summed E-state index contributed by atoms with van der Waals surface area (Å²) in [6.45, 7) is 10.8. The van der Waals surface area contributed by atoms with E-state index in [1.165, 1.54) is 0 Å². The molecule has 0 aromatic heterocycles. The fourth-order valence-corrected chi connectivity index (χ4v) is 12.7. The molecule has 0 saturated heterocycles. The van der Waals surface area contributed by atoms with Crippen molar-refractivity contribution in [3.63, 3.8) is 0 Å². The van der Waals surface area contributed by atoms with Crippen molar-refractivity contribution < 1.29 is 21.5 Å². The molecule has 0 fully saturated rings. The lowest BCUT2D eigenvalue weighted by Crippen LogP contribution is -2.46. The quantitative estimate of drug-likeness (QED) is 0.451. The van der Waals surface area contributed by atoms with Gasteiger partial charge in [-0.1, -0.05) is 0 Å². The second kappa shape index (κ2) is 8.19. The Hall–Kier alpha value is 0.668. The fraction of sp³-hybridized carbons (Fsp3) is 1.00. The smallest absolute Gasteiger partial charge is 0.437 e. The topological polar surface area (TPSA) is 46.2 Å². The van der Waals surface area contributed by atoms with E-state index in [1.54, 1.807) is 21.3 Å². The first kappa shape index (κ1) is 19.7. The Morgan fingerprint density at radius 1 is 0.842 bits per heavy atom. The predicted octanol–water partition coefficient (Wildman–Crippen LogP) is 2.47. The summed E-state index contributed by atoms with van der Waals surface area (Å²) < 4.78 is 28.2. The lowest BCUT2D eigenvalue weighted by Gasteiger charge is -2.31. The second-order valence-corrected chi connectivity index (χ2v) is 18.2. The molecular weight excluding hydrogens is 312 g/mol. The largest absolute Gasteiger partial charge is 0.499 e. The van der Waals surface area contributed by atoms with Crippen molar-refractivity contribution in [1.29, 1.82) is 0 Å². The maximum atomic E-state index is 6.12. The molecule has 0 rings (SSSR count). The standard InChI is InChI=1S/C10H28O5Si4/c1-11-19(12-2,13-3)10-9-16-14-18(7,8)15-17(4,5)6/h9-10H2,1-8H3. The van der Waals surface area contributed by atoms with Gasteiger partial charge in [-0.05, 0) is 38.8 Å². The molecule has 0 atom stereocenters. The highest BCUT2D eigenvalue weighted by Crippen LogP contribution is 2.18. The van der Waals surface area contributed by atoms with E-state index in [0.29, 0.717) is 9.76 Å². The summed E-state index contributed by atoms with van der Waals surface area (Å²) in [6, 6.07) is 1.65. The summed E-state index contributed by atoms with van der Waals surface area (Å²) in [6.07, 6.45) is 0. The van der Waals surface area contributed by atoms with Crippen LogP contribution < -0.4 is 0 Å². The van der Waals surface area contributed by atoms with Crippen LogP contribution in [0.3, 0.4) is 0 Å². The van der Waals surface area contributed by atoms with Crippen LogP contribution in [0.25, 0.3) is 0 Å². The van der Waals surface area contributed by atoms with Crippen LogP contribution in [0, 0.1) is 0 Å². The van der Waals surface area contributed by atoms with E-state index in [0.717, 1.165) is 12.1 Å². The van der Waals surface area contributed by atoms with E-state index in [2.05, 4.69) is 32.7 Å². The highest BCUT2D eigenvalue weighted by molar-refractivity contribution is 6.82. The minimum absolute atomic E-state index is 0.406. The van der Waals surface area contributed by atoms with Crippen molar-refractivity contribution in [3.8, 4) is 0 Å². The molecule has 0 saturated carbocycles. The SMILES string of the molecule is CO[Si](CC[Si]O[Si](C)(C)O[Si](C)(C)C)(OC)OC. The van der Waals surface area contributed by atoms with Gasteiger partial charge in [-0.25, -0.2) is 0 Å². The zero-order valence-corrected chi connectivity index (χ0v) is 17.5. The van der Waals surface area contributed by atoms with E-state index in [4.69, 9.17) is 21.5 Å². The van der Waals surface area contributed by atoms with Crippen molar-refractivity contribution in [2.45, 2.75) is 44.8 Å². The molecule has 9 heteroatoms. The Labute approximate surface area is 123 Å². The molecule has 0 bridgehead atoms. The van der Waals surface area contributed by atoms with Gasteiger partial charge in [0.15, 0.2) is 8.32 Å². The molecule has 5 nitrogen and oxygen atoms in total. The Morgan fingerprint density at radius 3 is 1.68 bits per heavy atom. The minimum Gasteiger partial charge on any atom is -0.437 e. The molecule has 0 heterocycles. The van der Waals surface area contributed by atoms with Gasteiger partial charge >= 0.3 is 17.4 Å². The lowest BCUT2D eigenvalue weighted by atomic mass is 11.0. The monoisotopic (exact) mass is 340 g/mol. The van der Waals surface area contributed by atoms with E-state index in [-0.39, 0.29) is 0 Å². The van der Waals surface area contributed by atoms with Gasteiger partial charge in [0.2, 0.25) is 9.76 Å². The molecule has 19 heavy (non-hydrogen) atoms. The normalized spacial score (nSPS) is 13.9. The van der Waals surface area contributed by atoms with Crippen LogP contribution in [0.15, 0.2) is 0 Å². The average Bonchev–Trinajstić information content (AvgIpc) is 2.27. The average molecular weight is 341 g/mol. The summed E-state index contributed by atoms with van der Waals surface area (Å²) >= 11 is 0. The zero-order chi connectivity index (χ0) is 15.2. The van der Waals surface area contributed by atoms with Gasteiger partial charge in [0.1, 0.15) is 0 Å². The third-order valence-electron chi connectivity index (χ3n) is 2.34. The van der Waals surface area contributed by atoms with Crippen LogP contribution in [-0.4, -0.2) is 56.8 Å². The van der Waals surface area contributed by atoms with Gasteiger partial charge in [-0.2, -0.15) is 0 Å². The molecule has 0 aromatic rings. The number of hydrogen-bond acceptors (Lipinski definition) is 5. The highest BCUT2D eigenvalue weighted by Gasteiger charge is 2.38. The third-order valence-corrected chi connectivity index (χ3v) is 13.0. The molecule has 0 aliphatic carbocycles. The van der Waals surface area contributed by atoms with Crippen LogP contribution in [0.1, 0.15) is 0 Å². The van der Waals surface area contributed by atoms with Gasteiger partial charge in [0, 0.05) is 27.4 Å². The van der Waals surface area contributed by atoms with Crippen LogP contribution in [-0.2, 0) is 21.5 Å². The fourth-order valence-electron chi connectivity index (χ4n) is 1.74. The molecule has 0 aliphatic heterocycles. The number of rotatable bonds is 10. The molecular formula is C10H28O5Si4. The summed E-state index contributed by atoms with van der Waals surface area (Å²) in [5.41, 5.74) is 0. The van der Waals surface area contributed by atoms with Crippen molar-refractivity contribution >= 4 is 35.4 Å². The first-order valence-electron chi connectivity index (χ1n) is 6.36. The van der Waals surface area contributed by atoms with Crippen LogP contribution in [0.5, 0.6) is 0 Å². The predicted molar refractivity (Wildman–Crippen MR) is 85.1 cm³/mol. The Kier molecular flexibility index (Phi) is 8.48. The highest BCUT2D eigenvalue weighted by atomic mass is 28.5. The van der Waals surface area contributed by atoms with Gasteiger partial charge in [0.05, 0.1) is 0 Å². The van der Waals surface area contributed by atoms with Gasteiger partial charge in [-0.15, -0.1) is 0 Å². The van der Waals surface area contributed by atoms with Crippen LogP contribution >= 0.6 is 0 Å². The van der Waals surface area contributed by atoms with E-state index in [1.807, 2.05) is 0 Å². The van der Waals surface area contributed by atoms with E-state index < -0.39 is 25.7 Å². The van der Waals surface area contributed by atoms with Gasteiger partial charge in [0.25, 0.3) is 0 Å². The molecule has 0 N–H and O–H groups in total. The second-order valence-electron chi connectivity index (χ2n) is 5.66. The maximum Gasteiger partial charge on any atom is 0.499 e. The maximum absolute atomic E-state index is 6.12. The first-order valence-corrected chi connectivity index (χ1v) is 15.6. The molecule has 0 unspecified atom stereocenters. The Morgan fingerprint density at radius 2 is 1.32 bits per heavy atom. The summed E-state index contributed by atoms with van der Waals surface area (Å²) in [5, 5.41) is 0. The van der Waals surface area contributed by atoms with Crippen molar-refractivity contribution in [3.05, 3.63) is 0 Å². The summed E-state index contributed by atoms with van der Waals surface area (Å²) in [5.74, 6) is 0. The van der Waals surface area contributed by atoms with Gasteiger partial charge in [-0.3, -0.25) is 0 Å².